The molecule has 0 saturated heterocycles. The minimum absolute atomic E-state index is 0. The smallest absolute Gasteiger partial charge is 0.0487 e. The number of hydroxylamine groups is 1. The topological polar surface area (TPSA) is 89.6 Å². The van der Waals surface area contributed by atoms with Gasteiger partial charge in [0, 0.05) is 57.1 Å². The number of anilines is 1. The molecule has 0 amide bonds. The van der Waals surface area contributed by atoms with Gasteiger partial charge in [-0.25, -0.2) is 0 Å². The third kappa shape index (κ3) is 8.42. The first kappa shape index (κ1) is 36.6. The molecule has 0 heterocycles. The Bertz CT molecular complexity index is 1860. The van der Waals surface area contributed by atoms with E-state index in [0.29, 0.717) is 5.69 Å². The van der Waals surface area contributed by atoms with Crippen LogP contribution in [0.3, 0.4) is 0 Å². The normalized spacial score (nSPS) is 12.9. The fraction of sp³-hybridized carbons (Fsp3) is 0.143. The van der Waals surface area contributed by atoms with Crippen LogP contribution >= 0.6 is 0 Å². The first-order chi connectivity index (χ1) is 23.0. The fourth-order valence-electron chi connectivity index (χ4n) is 6.14. The van der Waals surface area contributed by atoms with Crippen molar-refractivity contribution in [3.8, 4) is 22.3 Å². The molecule has 0 bridgehead atoms. The van der Waals surface area contributed by atoms with Gasteiger partial charge in [0.05, 0.1) is 0 Å². The summed E-state index contributed by atoms with van der Waals surface area (Å²) in [5.41, 5.74) is 23.8. The zero-order valence-corrected chi connectivity index (χ0v) is 30.8. The first-order valence-electron chi connectivity index (χ1n) is 15.9. The largest absolute Gasteiger partial charge is 0.685 e. The Balaban J connectivity index is 0.00000170. The van der Waals surface area contributed by atoms with Crippen molar-refractivity contribution in [2.24, 2.45) is 11.5 Å². The maximum atomic E-state index is 10.2. The molecule has 1 aliphatic rings. The Labute approximate surface area is 310 Å². The molecule has 1 radical (unpaired) electrons. The van der Waals surface area contributed by atoms with Crippen molar-refractivity contribution in [1.82, 2.24) is 0 Å². The monoisotopic (exact) mass is 708 g/mol. The second-order valence-electron chi connectivity index (χ2n) is 11.3. The predicted octanol–water partition coefficient (Wildman–Crippen LogP) is 9.92. The van der Waals surface area contributed by atoms with Gasteiger partial charge < -0.3 is 16.8 Å². The van der Waals surface area contributed by atoms with Crippen molar-refractivity contribution >= 4 is 22.6 Å². The van der Waals surface area contributed by atoms with Crippen LogP contribution in [-0.4, -0.2) is 26.4 Å². The summed E-state index contributed by atoms with van der Waals surface area (Å²) >= 11 is 0. The Morgan fingerprint density at radius 2 is 1.40 bits per heavy atom. The van der Waals surface area contributed by atoms with E-state index in [0.717, 1.165) is 51.5 Å². The molecule has 5 aromatic carbocycles. The number of hydrogen-bond donors (Lipinski definition) is 3. The Morgan fingerprint density at radius 3 is 2.04 bits per heavy atom. The predicted molar refractivity (Wildman–Crippen MR) is 200 cm³/mol. The number of hydrogen-bond acceptors (Lipinski definition) is 4. The van der Waals surface area contributed by atoms with Crippen LogP contribution in [0, 0.1) is 0 Å². The average Bonchev–Trinajstić information content (AvgIpc) is 3.15. The van der Waals surface area contributed by atoms with Crippen molar-refractivity contribution in [3.05, 3.63) is 173 Å². The average molecular weight is 709 g/mol. The molecule has 5 N–H and O–H groups in total. The Hall–Kier alpha value is -4.26. The molecule has 1 atom stereocenters. The Kier molecular flexibility index (Phi) is 13.5. The fourth-order valence-corrected chi connectivity index (χ4v) is 6.14. The number of allylic oxidation sites excluding steroid dienone is 5. The summed E-state index contributed by atoms with van der Waals surface area (Å²) in [7, 11) is 4.86. The van der Waals surface area contributed by atoms with E-state index in [4.69, 9.17) is 5.73 Å². The van der Waals surface area contributed by atoms with Gasteiger partial charge in [0.25, 0.3) is 0 Å². The van der Waals surface area contributed by atoms with Crippen LogP contribution in [0.25, 0.3) is 38.8 Å². The van der Waals surface area contributed by atoms with Crippen LogP contribution in [0.5, 0.6) is 0 Å². The van der Waals surface area contributed by atoms with Crippen molar-refractivity contribution in [1.29, 1.82) is 0 Å². The van der Waals surface area contributed by atoms with Crippen molar-refractivity contribution in [3.63, 3.8) is 0 Å². The number of para-hydroxylation sites is 1. The van der Waals surface area contributed by atoms with Crippen LogP contribution in [0.4, 0.5) is 11.4 Å². The van der Waals surface area contributed by atoms with E-state index in [1.807, 2.05) is 24.3 Å². The molecule has 241 valence electrons. The molecule has 0 spiro atoms. The van der Waals surface area contributed by atoms with Gasteiger partial charge in [0.2, 0.25) is 0 Å². The molecule has 6 heteroatoms. The summed E-state index contributed by atoms with van der Waals surface area (Å²) in [5.74, 6) is -0.0911. The van der Waals surface area contributed by atoms with Crippen molar-refractivity contribution in [2.75, 3.05) is 26.2 Å². The van der Waals surface area contributed by atoms with E-state index in [9.17, 15) is 5.21 Å². The molecule has 0 aromatic heterocycles. The molecule has 1 aliphatic carbocycles. The third-order valence-electron chi connectivity index (χ3n) is 8.50. The zero-order valence-electron chi connectivity index (χ0n) is 27.9. The van der Waals surface area contributed by atoms with Gasteiger partial charge in [-0.2, -0.15) is 0 Å². The quantitative estimate of drug-likeness (QED) is 0.133. The van der Waals surface area contributed by atoms with E-state index in [1.54, 1.807) is 14.1 Å². The summed E-state index contributed by atoms with van der Waals surface area (Å²) in [6.45, 7) is 0. The van der Waals surface area contributed by atoms with E-state index in [2.05, 4.69) is 132 Å². The molecule has 5 aromatic rings. The molecular formula is C42H43N4OY-. The third-order valence-corrected chi connectivity index (χ3v) is 8.50. The molecule has 1 unspecified atom stereocenters. The summed E-state index contributed by atoms with van der Waals surface area (Å²) in [5, 5.41) is 15.8. The maximum Gasteiger partial charge on any atom is 0.0487 e. The summed E-state index contributed by atoms with van der Waals surface area (Å²) < 4.78 is 0. The molecule has 6 rings (SSSR count). The zero-order chi connectivity index (χ0) is 33.2. The van der Waals surface area contributed by atoms with Gasteiger partial charge in [-0.15, -0.1) is 12.7 Å². The van der Waals surface area contributed by atoms with Gasteiger partial charge in [0.15, 0.2) is 0 Å². The number of nitrogens with zero attached hydrogens (tertiary/aromatic N) is 2. The number of nitrogens with two attached hydrogens (primary N) is 2. The van der Waals surface area contributed by atoms with Gasteiger partial charge in [0.1, 0.15) is 0 Å². The molecular weight excluding hydrogens is 665 g/mol. The minimum Gasteiger partial charge on any atom is -0.685 e. The van der Waals surface area contributed by atoms with Crippen LogP contribution in [-0.2, 0) is 32.7 Å². The maximum absolute atomic E-state index is 10.2. The summed E-state index contributed by atoms with van der Waals surface area (Å²) in [4.78, 5) is 0. The van der Waals surface area contributed by atoms with Gasteiger partial charge >= 0.3 is 0 Å². The van der Waals surface area contributed by atoms with E-state index < -0.39 is 0 Å². The van der Waals surface area contributed by atoms with Crippen LogP contribution in [0.1, 0.15) is 41.0 Å². The van der Waals surface area contributed by atoms with Gasteiger partial charge in [-0.3, -0.25) is 10.3 Å². The SMILES string of the molecule is CN.C[N-]c1c(-c2ccc(C(/C=C(\N)c3ccc(C4=CC=CCC4)cc3)c3ccccc3-c3ccccc3)cc2)cccc1N(C)O.[Y]. The number of rotatable bonds is 9. The standard InChI is InChI=1S/C41H38N3O.CH5N.Y/c1-43-41-36(18-11-19-40(41)44(2)45)32-22-24-33(25-23-32)38(37-17-10-9-16-35(37)31-14-7-4-8-15-31)28-39(42)34-26-20-30(21-27-34)29-12-5-3-6-13-29;1-2;/h3-5,7-12,14-28,38,45H,6,13,42H2,1-2H3;2H2,1H3;/q-1;;/b39-28-;;. The van der Waals surface area contributed by atoms with Gasteiger partial charge in [-0.1, -0.05) is 133 Å². The van der Waals surface area contributed by atoms with Crippen molar-refractivity contribution < 1.29 is 37.9 Å². The van der Waals surface area contributed by atoms with Crippen molar-refractivity contribution in [2.45, 2.75) is 18.8 Å². The minimum atomic E-state index is -0.0911. The molecule has 0 saturated carbocycles. The summed E-state index contributed by atoms with van der Waals surface area (Å²) in [6, 6.07) is 42.1. The molecule has 0 fully saturated rings. The van der Waals surface area contributed by atoms with E-state index in [1.165, 1.54) is 34.9 Å². The Morgan fingerprint density at radius 1 is 0.771 bits per heavy atom. The van der Waals surface area contributed by atoms with Crippen LogP contribution in [0.2, 0.25) is 0 Å². The van der Waals surface area contributed by atoms with E-state index >= 15 is 0 Å². The second kappa shape index (κ2) is 17.8. The molecule has 48 heavy (non-hydrogen) atoms. The van der Waals surface area contributed by atoms with Crippen LogP contribution in [0.15, 0.2) is 146 Å². The molecule has 0 aliphatic heterocycles. The summed E-state index contributed by atoms with van der Waals surface area (Å²) in [6.07, 6.45) is 10.9. The number of benzene rings is 5. The first-order valence-corrected chi connectivity index (χ1v) is 15.9. The second-order valence-corrected chi connectivity index (χ2v) is 11.3. The molecule has 5 nitrogen and oxygen atoms in total. The van der Waals surface area contributed by atoms with E-state index in [-0.39, 0.29) is 38.6 Å². The van der Waals surface area contributed by atoms with Crippen LogP contribution < -0.4 is 16.5 Å². The van der Waals surface area contributed by atoms with Gasteiger partial charge in [-0.05, 0) is 82.1 Å².